The monoisotopic (exact) mass is 317 g/mol. The minimum Gasteiger partial charge on any atom is -0.324 e. The summed E-state index contributed by atoms with van der Waals surface area (Å²) in [7, 11) is 0. The fraction of sp³-hybridized carbons (Fsp3) is 0.150. The third kappa shape index (κ3) is 4.49. The maximum atomic E-state index is 12.2. The molecule has 0 saturated carbocycles. The average Bonchev–Trinajstić information content (AvgIpc) is 2.57. The highest BCUT2D eigenvalue weighted by molar-refractivity contribution is 5.83. The summed E-state index contributed by atoms with van der Waals surface area (Å²) in [5.41, 5.74) is 3.87. The van der Waals surface area contributed by atoms with Crippen molar-refractivity contribution in [1.82, 2.24) is 9.97 Å². The molecule has 3 aromatic rings. The quantitative estimate of drug-likeness (QED) is 0.749. The maximum absolute atomic E-state index is 12.2. The van der Waals surface area contributed by atoms with Crippen molar-refractivity contribution in [2.45, 2.75) is 19.8 Å². The van der Waals surface area contributed by atoms with Crippen LogP contribution in [0.4, 0.5) is 11.6 Å². The van der Waals surface area contributed by atoms with Crippen LogP contribution in [0.2, 0.25) is 0 Å². The molecule has 0 saturated heterocycles. The van der Waals surface area contributed by atoms with Gasteiger partial charge in [0.25, 0.3) is 0 Å². The lowest BCUT2D eigenvalue weighted by molar-refractivity contribution is -0.117. The molecule has 2 aromatic carbocycles. The van der Waals surface area contributed by atoms with E-state index in [0.29, 0.717) is 18.8 Å². The Bertz CT molecular complexity index is 814. The van der Waals surface area contributed by atoms with Gasteiger partial charge in [-0.3, -0.25) is 4.79 Å². The van der Waals surface area contributed by atoms with E-state index in [0.717, 1.165) is 22.5 Å². The Morgan fingerprint density at radius 2 is 1.58 bits per heavy atom. The summed E-state index contributed by atoms with van der Waals surface area (Å²) in [5, 5.41) is 3.16. The summed E-state index contributed by atoms with van der Waals surface area (Å²) in [5.74, 6) is 0.784. The molecule has 0 amide bonds. The van der Waals surface area contributed by atoms with E-state index in [9.17, 15) is 4.79 Å². The molecule has 1 N–H and O–H groups in total. The zero-order valence-electron chi connectivity index (χ0n) is 13.6. The standard InChI is InChI=1S/C20H19N3O/c1-15-11-12-21-20(22-15)23-18-9-7-17(8-10-18)14-19(24)13-16-5-3-2-4-6-16/h2-12H,13-14H2,1H3,(H,21,22,23). The van der Waals surface area contributed by atoms with Gasteiger partial charge in [-0.2, -0.15) is 0 Å². The molecule has 0 unspecified atom stereocenters. The number of aryl methyl sites for hydroxylation is 1. The van der Waals surface area contributed by atoms with Crippen LogP contribution in [-0.2, 0) is 17.6 Å². The number of Topliss-reactive ketones (excluding diaryl/α,β-unsaturated/α-hetero) is 1. The van der Waals surface area contributed by atoms with Gasteiger partial charge in [0.05, 0.1) is 0 Å². The van der Waals surface area contributed by atoms with Crippen LogP contribution in [0.3, 0.4) is 0 Å². The molecule has 120 valence electrons. The fourth-order valence-electron chi connectivity index (χ4n) is 2.46. The van der Waals surface area contributed by atoms with Gasteiger partial charge in [0.1, 0.15) is 5.78 Å². The largest absolute Gasteiger partial charge is 0.324 e. The van der Waals surface area contributed by atoms with Crippen molar-refractivity contribution >= 4 is 17.4 Å². The fourth-order valence-corrected chi connectivity index (χ4v) is 2.46. The second-order valence-electron chi connectivity index (χ2n) is 5.72. The number of carbonyl (C=O) groups is 1. The van der Waals surface area contributed by atoms with Crippen molar-refractivity contribution in [2.24, 2.45) is 0 Å². The number of hydrogen-bond acceptors (Lipinski definition) is 4. The molecule has 0 bridgehead atoms. The van der Waals surface area contributed by atoms with Gasteiger partial charge in [0.2, 0.25) is 5.95 Å². The van der Waals surface area contributed by atoms with Crippen LogP contribution in [0.25, 0.3) is 0 Å². The molecule has 1 aromatic heterocycles. The van der Waals surface area contributed by atoms with Gasteiger partial charge in [0.15, 0.2) is 0 Å². The van der Waals surface area contributed by atoms with Gasteiger partial charge in [-0.25, -0.2) is 9.97 Å². The van der Waals surface area contributed by atoms with E-state index in [1.165, 1.54) is 0 Å². The molecular formula is C20H19N3O. The normalized spacial score (nSPS) is 10.4. The number of hydrogen-bond donors (Lipinski definition) is 1. The van der Waals surface area contributed by atoms with Crippen molar-refractivity contribution < 1.29 is 4.79 Å². The van der Waals surface area contributed by atoms with Crippen molar-refractivity contribution in [3.05, 3.63) is 83.7 Å². The molecule has 0 aliphatic carbocycles. The summed E-state index contributed by atoms with van der Waals surface area (Å²) in [6.45, 7) is 1.92. The first-order valence-electron chi connectivity index (χ1n) is 7.90. The third-order valence-corrected chi connectivity index (χ3v) is 3.65. The highest BCUT2D eigenvalue weighted by atomic mass is 16.1. The smallest absolute Gasteiger partial charge is 0.227 e. The van der Waals surface area contributed by atoms with E-state index in [-0.39, 0.29) is 5.78 Å². The second-order valence-corrected chi connectivity index (χ2v) is 5.72. The lowest BCUT2D eigenvalue weighted by Crippen LogP contribution is -2.06. The predicted octanol–water partition coefficient (Wildman–Crippen LogP) is 3.88. The number of nitrogens with zero attached hydrogens (tertiary/aromatic N) is 2. The molecule has 0 aliphatic heterocycles. The van der Waals surface area contributed by atoms with Crippen molar-refractivity contribution in [2.75, 3.05) is 5.32 Å². The maximum Gasteiger partial charge on any atom is 0.227 e. The molecule has 24 heavy (non-hydrogen) atoms. The Labute approximate surface area is 141 Å². The number of aromatic nitrogens is 2. The number of carbonyl (C=O) groups excluding carboxylic acids is 1. The van der Waals surface area contributed by atoms with E-state index in [2.05, 4.69) is 15.3 Å². The predicted molar refractivity (Wildman–Crippen MR) is 95.4 cm³/mol. The molecule has 0 aliphatic rings. The van der Waals surface area contributed by atoms with Crippen molar-refractivity contribution in [1.29, 1.82) is 0 Å². The van der Waals surface area contributed by atoms with Crippen molar-refractivity contribution in [3.63, 3.8) is 0 Å². The van der Waals surface area contributed by atoms with E-state index < -0.39 is 0 Å². The van der Waals surface area contributed by atoms with Crippen LogP contribution in [0.15, 0.2) is 66.9 Å². The minimum atomic E-state index is 0.212. The summed E-state index contributed by atoms with van der Waals surface area (Å²) in [6.07, 6.45) is 2.63. The first-order chi connectivity index (χ1) is 11.7. The molecule has 1 heterocycles. The Kier molecular flexibility index (Phi) is 4.96. The van der Waals surface area contributed by atoms with Crippen LogP contribution in [-0.4, -0.2) is 15.8 Å². The SMILES string of the molecule is Cc1ccnc(Nc2ccc(CC(=O)Cc3ccccc3)cc2)n1. The molecule has 4 heteroatoms. The molecule has 0 radical (unpaired) electrons. The summed E-state index contributed by atoms with van der Waals surface area (Å²) < 4.78 is 0. The van der Waals surface area contributed by atoms with Crippen LogP contribution in [0.5, 0.6) is 0 Å². The Morgan fingerprint density at radius 1 is 0.917 bits per heavy atom. The van der Waals surface area contributed by atoms with E-state index in [4.69, 9.17) is 0 Å². The van der Waals surface area contributed by atoms with Crippen LogP contribution in [0.1, 0.15) is 16.8 Å². The van der Waals surface area contributed by atoms with Crippen molar-refractivity contribution in [3.8, 4) is 0 Å². The number of anilines is 2. The van der Waals surface area contributed by atoms with Gasteiger partial charge >= 0.3 is 0 Å². The van der Waals surface area contributed by atoms with Gasteiger partial charge in [0, 0.05) is 30.4 Å². The number of ketones is 1. The van der Waals surface area contributed by atoms with Gasteiger partial charge in [-0.15, -0.1) is 0 Å². The van der Waals surface area contributed by atoms with Gasteiger partial charge in [-0.05, 0) is 36.2 Å². The van der Waals surface area contributed by atoms with E-state index in [1.54, 1.807) is 6.20 Å². The molecule has 0 atom stereocenters. The molecule has 0 fully saturated rings. The zero-order valence-corrected chi connectivity index (χ0v) is 13.6. The van der Waals surface area contributed by atoms with E-state index >= 15 is 0 Å². The minimum absolute atomic E-state index is 0.212. The van der Waals surface area contributed by atoms with Gasteiger partial charge < -0.3 is 5.32 Å². The highest BCUT2D eigenvalue weighted by Crippen LogP contribution is 2.15. The van der Waals surface area contributed by atoms with Crippen LogP contribution in [0, 0.1) is 6.92 Å². The van der Waals surface area contributed by atoms with Crippen LogP contribution >= 0.6 is 0 Å². The van der Waals surface area contributed by atoms with E-state index in [1.807, 2.05) is 67.6 Å². The lowest BCUT2D eigenvalue weighted by Gasteiger charge is -2.06. The number of benzene rings is 2. The first kappa shape index (κ1) is 15.9. The van der Waals surface area contributed by atoms with Crippen LogP contribution < -0.4 is 5.32 Å². The third-order valence-electron chi connectivity index (χ3n) is 3.65. The average molecular weight is 317 g/mol. The van der Waals surface area contributed by atoms with Gasteiger partial charge in [-0.1, -0.05) is 42.5 Å². The number of rotatable bonds is 6. The summed E-state index contributed by atoms with van der Waals surface area (Å²) >= 11 is 0. The molecular weight excluding hydrogens is 298 g/mol. The topological polar surface area (TPSA) is 54.9 Å². The summed E-state index contributed by atoms with van der Waals surface area (Å²) in [4.78, 5) is 20.6. The first-order valence-corrected chi connectivity index (χ1v) is 7.90. The Morgan fingerprint density at radius 3 is 2.25 bits per heavy atom. The Balaban J connectivity index is 1.59. The summed E-state index contributed by atoms with van der Waals surface area (Å²) in [6, 6.07) is 19.5. The highest BCUT2D eigenvalue weighted by Gasteiger charge is 2.05. The zero-order chi connectivity index (χ0) is 16.8. The Hall–Kier alpha value is -3.01. The molecule has 0 spiro atoms. The number of nitrogens with one attached hydrogen (secondary N) is 1. The molecule has 4 nitrogen and oxygen atoms in total. The molecule has 3 rings (SSSR count). The lowest BCUT2D eigenvalue weighted by atomic mass is 10.0. The second kappa shape index (κ2) is 7.51.